The SMILES string of the molecule is COCCNCc1ccc(Sc2ccccc2)cc1. The van der Waals surface area contributed by atoms with Gasteiger partial charge in [0.25, 0.3) is 0 Å². The minimum Gasteiger partial charge on any atom is -0.383 e. The molecular formula is C16H19NOS. The van der Waals surface area contributed by atoms with Gasteiger partial charge in [0.15, 0.2) is 0 Å². The Hall–Kier alpha value is -1.29. The fourth-order valence-electron chi connectivity index (χ4n) is 1.71. The first-order valence-electron chi connectivity index (χ1n) is 6.40. The third-order valence-corrected chi connectivity index (χ3v) is 3.73. The molecule has 0 fully saturated rings. The van der Waals surface area contributed by atoms with Gasteiger partial charge in [-0.25, -0.2) is 0 Å². The molecule has 1 N–H and O–H groups in total. The molecule has 0 saturated carbocycles. The molecule has 2 rings (SSSR count). The van der Waals surface area contributed by atoms with E-state index in [9.17, 15) is 0 Å². The van der Waals surface area contributed by atoms with E-state index in [2.05, 4.69) is 53.8 Å². The quantitative estimate of drug-likeness (QED) is 0.779. The molecule has 100 valence electrons. The summed E-state index contributed by atoms with van der Waals surface area (Å²) in [6, 6.07) is 19.1. The van der Waals surface area contributed by atoms with E-state index in [1.807, 2.05) is 6.07 Å². The van der Waals surface area contributed by atoms with Crippen molar-refractivity contribution in [3.8, 4) is 0 Å². The van der Waals surface area contributed by atoms with Gasteiger partial charge in [0.05, 0.1) is 6.61 Å². The molecule has 0 aliphatic carbocycles. The maximum Gasteiger partial charge on any atom is 0.0587 e. The highest BCUT2D eigenvalue weighted by atomic mass is 32.2. The summed E-state index contributed by atoms with van der Waals surface area (Å²) in [5.41, 5.74) is 1.30. The highest BCUT2D eigenvalue weighted by Crippen LogP contribution is 2.27. The molecule has 0 heterocycles. The van der Waals surface area contributed by atoms with E-state index in [0.717, 1.165) is 19.7 Å². The first kappa shape index (κ1) is 14.1. The van der Waals surface area contributed by atoms with Gasteiger partial charge in [-0.1, -0.05) is 42.1 Å². The molecule has 0 aliphatic rings. The van der Waals surface area contributed by atoms with Crippen molar-refractivity contribution in [2.45, 2.75) is 16.3 Å². The topological polar surface area (TPSA) is 21.3 Å². The van der Waals surface area contributed by atoms with E-state index in [1.54, 1.807) is 18.9 Å². The molecule has 0 atom stereocenters. The number of hydrogen-bond donors (Lipinski definition) is 1. The molecule has 3 heteroatoms. The molecule has 0 amide bonds. The number of rotatable bonds is 7. The molecule has 2 nitrogen and oxygen atoms in total. The van der Waals surface area contributed by atoms with Crippen LogP contribution in [0.15, 0.2) is 64.4 Å². The maximum absolute atomic E-state index is 5.00. The van der Waals surface area contributed by atoms with Gasteiger partial charge in [0, 0.05) is 30.0 Å². The van der Waals surface area contributed by atoms with Crippen LogP contribution in [0.2, 0.25) is 0 Å². The second-order valence-corrected chi connectivity index (χ2v) is 5.38. The predicted molar refractivity (Wildman–Crippen MR) is 80.6 cm³/mol. The first-order valence-corrected chi connectivity index (χ1v) is 7.21. The van der Waals surface area contributed by atoms with Crippen LogP contribution in [-0.2, 0) is 11.3 Å². The fourth-order valence-corrected chi connectivity index (χ4v) is 2.54. The molecule has 19 heavy (non-hydrogen) atoms. The van der Waals surface area contributed by atoms with Crippen molar-refractivity contribution in [2.75, 3.05) is 20.3 Å². The lowest BCUT2D eigenvalue weighted by molar-refractivity contribution is 0.199. The zero-order valence-corrected chi connectivity index (χ0v) is 12.0. The Morgan fingerprint density at radius 2 is 1.63 bits per heavy atom. The van der Waals surface area contributed by atoms with Crippen molar-refractivity contribution in [3.05, 3.63) is 60.2 Å². The molecule has 0 saturated heterocycles. The van der Waals surface area contributed by atoms with Gasteiger partial charge in [-0.2, -0.15) is 0 Å². The fraction of sp³-hybridized carbons (Fsp3) is 0.250. The minimum absolute atomic E-state index is 0.752. The van der Waals surface area contributed by atoms with Gasteiger partial charge < -0.3 is 10.1 Å². The number of benzene rings is 2. The van der Waals surface area contributed by atoms with Crippen LogP contribution in [0, 0.1) is 0 Å². The van der Waals surface area contributed by atoms with E-state index >= 15 is 0 Å². The normalized spacial score (nSPS) is 10.6. The number of nitrogens with one attached hydrogen (secondary N) is 1. The molecule has 0 unspecified atom stereocenters. The van der Waals surface area contributed by atoms with E-state index in [1.165, 1.54) is 15.4 Å². The van der Waals surface area contributed by atoms with E-state index in [4.69, 9.17) is 4.74 Å². The summed E-state index contributed by atoms with van der Waals surface area (Å²) in [5.74, 6) is 0. The van der Waals surface area contributed by atoms with Crippen LogP contribution in [-0.4, -0.2) is 20.3 Å². The van der Waals surface area contributed by atoms with Crippen LogP contribution in [0.5, 0.6) is 0 Å². The van der Waals surface area contributed by atoms with E-state index in [-0.39, 0.29) is 0 Å². The highest BCUT2D eigenvalue weighted by Gasteiger charge is 1.97. The smallest absolute Gasteiger partial charge is 0.0587 e. The van der Waals surface area contributed by atoms with Gasteiger partial charge in [-0.15, -0.1) is 0 Å². The van der Waals surface area contributed by atoms with Crippen LogP contribution >= 0.6 is 11.8 Å². The van der Waals surface area contributed by atoms with Gasteiger partial charge in [0.2, 0.25) is 0 Å². The summed E-state index contributed by atoms with van der Waals surface area (Å²) in [6.45, 7) is 2.53. The Morgan fingerprint density at radius 3 is 2.32 bits per heavy atom. The van der Waals surface area contributed by atoms with Crippen LogP contribution < -0.4 is 5.32 Å². The molecule has 0 spiro atoms. The second-order valence-electron chi connectivity index (χ2n) is 4.23. The molecule has 0 bridgehead atoms. The Balaban J connectivity index is 1.84. The third kappa shape index (κ3) is 5.07. The standard InChI is InChI=1S/C16H19NOS/c1-18-12-11-17-13-14-7-9-16(10-8-14)19-15-5-3-2-4-6-15/h2-10,17H,11-13H2,1H3. The summed E-state index contributed by atoms with van der Waals surface area (Å²) in [4.78, 5) is 2.54. The lowest BCUT2D eigenvalue weighted by Gasteiger charge is -2.06. The monoisotopic (exact) mass is 273 g/mol. The summed E-state index contributed by atoms with van der Waals surface area (Å²) in [7, 11) is 1.72. The highest BCUT2D eigenvalue weighted by molar-refractivity contribution is 7.99. The summed E-state index contributed by atoms with van der Waals surface area (Å²) in [5, 5.41) is 3.34. The predicted octanol–water partition coefficient (Wildman–Crippen LogP) is 3.57. The van der Waals surface area contributed by atoms with E-state index in [0.29, 0.717) is 0 Å². The number of methoxy groups -OCH3 is 1. The third-order valence-electron chi connectivity index (χ3n) is 2.71. The molecule has 0 radical (unpaired) electrons. The zero-order valence-electron chi connectivity index (χ0n) is 11.1. The lowest BCUT2D eigenvalue weighted by atomic mass is 10.2. The van der Waals surface area contributed by atoms with Crippen LogP contribution in [0.25, 0.3) is 0 Å². The summed E-state index contributed by atoms with van der Waals surface area (Å²) < 4.78 is 5.00. The molecule has 0 aromatic heterocycles. The van der Waals surface area contributed by atoms with Crippen molar-refractivity contribution < 1.29 is 4.74 Å². The Morgan fingerprint density at radius 1 is 0.947 bits per heavy atom. The van der Waals surface area contributed by atoms with Crippen LogP contribution in [0.3, 0.4) is 0 Å². The average Bonchev–Trinajstić information content (AvgIpc) is 2.46. The van der Waals surface area contributed by atoms with Crippen LogP contribution in [0.4, 0.5) is 0 Å². The Bertz CT molecular complexity index is 470. The largest absolute Gasteiger partial charge is 0.383 e. The van der Waals surface area contributed by atoms with Gasteiger partial charge in [0.1, 0.15) is 0 Å². The zero-order chi connectivity index (χ0) is 13.3. The van der Waals surface area contributed by atoms with E-state index < -0.39 is 0 Å². The summed E-state index contributed by atoms with van der Waals surface area (Å²) >= 11 is 1.79. The summed E-state index contributed by atoms with van der Waals surface area (Å²) in [6.07, 6.45) is 0. The van der Waals surface area contributed by atoms with Gasteiger partial charge in [-0.05, 0) is 29.8 Å². The van der Waals surface area contributed by atoms with Crippen molar-refractivity contribution in [3.63, 3.8) is 0 Å². The Kier molecular flexibility index (Phi) is 5.95. The molecule has 0 aliphatic heterocycles. The van der Waals surface area contributed by atoms with Crippen LogP contribution in [0.1, 0.15) is 5.56 Å². The Labute approximate surface area is 119 Å². The average molecular weight is 273 g/mol. The molecule has 2 aromatic rings. The second kappa shape index (κ2) is 8.00. The minimum atomic E-state index is 0.752. The number of ether oxygens (including phenoxy) is 1. The van der Waals surface area contributed by atoms with Crippen molar-refractivity contribution in [1.29, 1.82) is 0 Å². The number of hydrogen-bond acceptors (Lipinski definition) is 3. The van der Waals surface area contributed by atoms with Crippen molar-refractivity contribution >= 4 is 11.8 Å². The molecule has 2 aromatic carbocycles. The van der Waals surface area contributed by atoms with Crippen molar-refractivity contribution in [1.82, 2.24) is 5.32 Å². The first-order chi connectivity index (χ1) is 9.38. The van der Waals surface area contributed by atoms with Gasteiger partial charge in [-0.3, -0.25) is 0 Å². The van der Waals surface area contributed by atoms with Crippen molar-refractivity contribution in [2.24, 2.45) is 0 Å². The van der Waals surface area contributed by atoms with Gasteiger partial charge >= 0.3 is 0 Å². The lowest BCUT2D eigenvalue weighted by Crippen LogP contribution is -2.18. The maximum atomic E-state index is 5.00. The molecular weight excluding hydrogens is 254 g/mol.